The number of aryl methyl sites for hydroxylation is 1. The maximum atomic E-state index is 13.3. The molecule has 1 aromatic carbocycles. The van der Waals surface area contributed by atoms with Crippen LogP contribution >= 0.6 is 0 Å². The van der Waals surface area contributed by atoms with Crippen molar-refractivity contribution in [1.29, 1.82) is 0 Å². The number of carbonyl (C=O) groups is 2. The van der Waals surface area contributed by atoms with Crippen molar-refractivity contribution in [1.82, 2.24) is 20.0 Å². The van der Waals surface area contributed by atoms with E-state index >= 15 is 0 Å². The quantitative estimate of drug-likeness (QED) is 0.919. The second kappa shape index (κ2) is 7.04. The maximum Gasteiger partial charge on any atom is 0.225 e. The number of nitrogens with one attached hydrogen (secondary N) is 1. The van der Waals surface area contributed by atoms with Gasteiger partial charge in [-0.15, -0.1) is 0 Å². The topological polar surface area (TPSA) is 67.2 Å². The summed E-state index contributed by atoms with van der Waals surface area (Å²) in [6, 6.07) is 5.80. The van der Waals surface area contributed by atoms with Crippen LogP contribution in [0.2, 0.25) is 0 Å². The molecular formula is C18H21FN4O2. The molecule has 0 unspecified atom stereocenters. The molecule has 1 N–H and O–H groups in total. The first-order chi connectivity index (χ1) is 12.0. The summed E-state index contributed by atoms with van der Waals surface area (Å²) in [5, 5.41) is 7.02. The van der Waals surface area contributed by atoms with Crippen LogP contribution in [0.4, 0.5) is 4.39 Å². The molecule has 1 aliphatic rings. The molecule has 0 spiro atoms. The molecule has 2 amide bonds. The van der Waals surface area contributed by atoms with Gasteiger partial charge in [0.2, 0.25) is 11.8 Å². The molecule has 1 aromatic heterocycles. The van der Waals surface area contributed by atoms with Gasteiger partial charge in [0.15, 0.2) is 0 Å². The highest BCUT2D eigenvalue weighted by atomic mass is 19.1. The number of halogens is 1. The van der Waals surface area contributed by atoms with E-state index in [0.29, 0.717) is 18.4 Å². The SMILES string of the molecule is CN1C(=O)CC[C@H](C(=O)NCc2cccc(F)c2)[C@@H]1c1cnn(C)c1. The number of likely N-dealkylation sites (tertiary alicyclic amines) is 1. The lowest BCUT2D eigenvalue weighted by atomic mass is 9.85. The number of nitrogens with zero attached hydrogens (tertiary/aromatic N) is 3. The molecule has 0 saturated carbocycles. The number of piperidine rings is 1. The minimum atomic E-state index is -0.361. The summed E-state index contributed by atoms with van der Waals surface area (Å²) in [6.45, 7) is 0.254. The summed E-state index contributed by atoms with van der Waals surface area (Å²) in [5.41, 5.74) is 1.54. The van der Waals surface area contributed by atoms with Crippen molar-refractivity contribution in [3.05, 3.63) is 53.6 Å². The van der Waals surface area contributed by atoms with Gasteiger partial charge in [0.25, 0.3) is 0 Å². The zero-order chi connectivity index (χ0) is 18.0. The monoisotopic (exact) mass is 344 g/mol. The van der Waals surface area contributed by atoms with Gasteiger partial charge < -0.3 is 10.2 Å². The summed E-state index contributed by atoms with van der Waals surface area (Å²) < 4.78 is 14.9. The van der Waals surface area contributed by atoms with E-state index in [1.807, 2.05) is 6.20 Å². The molecule has 7 heteroatoms. The molecule has 2 atom stereocenters. The van der Waals surface area contributed by atoms with Crippen molar-refractivity contribution in [2.75, 3.05) is 7.05 Å². The van der Waals surface area contributed by atoms with Crippen LogP contribution in [0.15, 0.2) is 36.7 Å². The van der Waals surface area contributed by atoms with Crippen LogP contribution in [-0.4, -0.2) is 33.5 Å². The van der Waals surface area contributed by atoms with E-state index in [1.165, 1.54) is 12.1 Å². The van der Waals surface area contributed by atoms with E-state index in [2.05, 4.69) is 10.4 Å². The molecule has 1 fully saturated rings. The standard InChI is InChI=1S/C18H21FN4O2/c1-22-11-13(10-21-22)17-15(6-7-16(24)23(17)2)18(25)20-9-12-4-3-5-14(19)8-12/h3-5,8,10-11,15,17H,6-7,9H2,1-2H3,(H,20,25)/t15-,17-/m0/s1. The fourth-order valence-corrected chi connectivity index (χ4v) is 3.33. The maximum absolute atomic E-state index is 13.3. The average Bonchev–Trinajstić information content (AvgIpc) is 3.01. The first-order valence-electron chi connectivity index (χ1n) is 8.22. The number of rotatable bonds is 4. The molecule has 0 radical (unpaired) electrons. The number of hydrogen-bond donors (Lipinski definition) is 1. The Bertz CT molecular complexity index is 789. The Kier molecular flexibility index (Phi) is 4.83. The van der Waals surface area contributed by atoms with Crippen LogP contribution in [0.1, 0.15) is 30.0 Å². The number of aromatic nitrogens is 2. The van der Waals surface area contributed by atoms with Crippen molar-refractivity contribution >= 4 is 11.8 Å². The van der Waals surface area contributed by atoms with E-state index in [1.54, 1.807) is 42.0 Å². The lowest BCUT2D eigenvalue weighted by Gasteiger charge is -2.37. The molecule has 2 heterocycles. The van der Waals surface area contributed by atoms with Gasteiger partial charge >= 0.3 is 0 Å². The Morgan fingerprint density at radius 2 is 2.20 bits per heavy atom. The van der Waals surface area contributed by atoms with Crippen LogP contribution < -0.4 is 5.32 Å². The molecule has 3 rings (SSSR count). The summed E-state index contributed by atoms with van der Waals surface area (Å²) in [7, 11) is 3.51. The van der Waals surface area contributed by atoms with E-state index in [9.17, 15) is 14.0 Å². The third kappa shape index (κ3) is 3.70. The van der Waals surface area contributed by atoms with Gasteiger partial charge in [-0.05, 0) is 24.1 Å². The van der Waals surface area contributed by atoms with Crippen molar-refractivity contribution in [3.8, 4) is 0 Å². The third-order valence-corrected chi connectivity index (χ3v) is 4.62. The van der Waals surface area contributed by atoms with E-state index in [4.69, 9.17) is 0 Å². The molecule has 6 nitrogen and oxygen atoms in total. The van der Waals surface area contributed by atoms with Crippen LogP contribution in [0, 0.1) is 11.7 Å². The summed E-state index contributed by atoms with van der Waals surface area (Å²) in [4.78, 5) is 26.4. The van der Waals surface area contributed by atoms with E-state index < -0.39 is 0 Å². The van der Waals surface area contributed by atoms with Gasteiger partial charge in [-0.3, -0.25) is 14.3 Å². The largest absolute Gasteiger partial charge is 0.352 e. The van der Waals surface area contributed by atoms with Gasteiger partial charge in [-0.2, -0.15) is 5.10 Å². The Balaban J connectivity index is 1.75. The van der Waals surface area contributed by atoms with Crippen molar-refractivity contribution < 1.29 is 14.0 Å². The third-order valence-electron chi connectivity index (χ3n) is 4.62. The summed E-state index contributed by atoms with van der Waals surface area (Å²) in [6.07, 6.45) is 4.34. The molecule has 1 saturated heterocycles. The molecule has 2 aromatic rings. The van der Waals surface area contributed by atoms with Crippen molar-refractivity contribution in [2.45, 2.75) is 25.4 Å². The Morgan fingerprint density at radius 3 is 2.88 bits per heavy atom. The lowest BCUT2D eigenvalue weighted by molar-refractivity contribution is -0.141. The Hall–Kier alpha value is -2.70. The van der Waals surface area contributed by atoms with Crippen LogP contribution in [0.5, 0.6) is 0 Å². The lowest BCUT2D eigenvalue weighted by Crippen LogP contribution is -2.46. The normalized spacial score (nSPS) is 20.6. The van der Waals surface area contributed by atoms with Gasteiger partial charge in [0, 0.05) is 38.8 Å². The smallest absolute Gasteiger partial charge is 0.225 e. The van der Waals surface area contributed by atoms with Gasteiger partial charge in [0.05, 0.1) is 18.2 Å². The molecular weight excluding hydrogens is 323 g/mol. The Morgan fingerprint density at radius 1 is 1.40 bits per heavy atom. The van der Waals surface area contributed by atoms with Crippen LogP contribution in [-0.2, 0) is 23.2 Å². The van der Waals surface area contributed by atoms with Gasteiger partial charge in [0.1, 0.15) is 5.82 Å². The van der Waals surface area contributed by atoms with E-state index in [-0.39, 0.29) is 36.1 Å². The molecule has 0 bridgehead atoms. The minimum absolute atomic E-state index is 0.0167. The van der Waals surface area contributed by atoms with Crippen molar-refractivity contribution in [3.63, 3.8) is 0 Å². The summed E-state index contributed by atoms with van der Waals surface area (Å²) in [5.74, 6) is -0.816. The number of carbonyl (C=O) groups excluding carboxylic acids is 2. The van der Waals surface area contributed by atoms with Gasteiger partial charge in [-0.25, -0.2) is 4.39 Å². The zero-order valence-electron chi connectivity index (χ0n) is 14.3. The van der Waals surface area contributed by atoms with Gasteiger partial charge in [-0.1, -0.05) is 12.1 Å². The highest BCUT2D eigenvalue weighted by molar-refractivity contribution is 5.84. The van der Waals surface area contributed by atoms with E-state index in [0.717, 1.165) is 5.56 Å². The highest BCUT2D eigenvalue weighted by Gasteiger charge is 2.39. The Labute approximate surface area is 145 Å². The van der Waals surface area contributed by atoms with Crippen LogP contribution in [0.25, 0.3) is 0 Å². The number of hydrogen-bond acceptors (Lipinski definition) is 3. The summed E-state index contributed by atoms with van der Waals surface area (Å²) >= 11 is 0. The first kappa shape index (κ1) is 17.1. The first-order valence-corrected chi connectivity index (χ1v) is 8.22. The molecule has 132 valence electrons. The second-order valence-electron chi connectivity index (χ2n) is 6.39. The average molecular weight is 344 g/mol. The molecule has 25 heavy (non-hydrogen) atoms. The highest BCUT2D eigenvalue weighted by Crippen LogP contribution is 2.35. The van der Waals surface area contributed by atoms with Crippen LogP contribution in [0.3, 0.4) is 0 Å². The predicted molar refractivity (Wildman–Crippen MR) is 89.7 cm³/mol. The number of amides is 2. The van der Waals surface area contributed by atoms with Crippen molar-refractivity contribution in [2.24, 2.45) is 13.0 Å². The fraction of sp³-hybridized carbons (Fsp3) is 0.389. The number of benzene rings is 1. The zero-order valence-corrected chi connectivity index (χ0v) is 14.3. The second-order valence-corrected chi connectivity index (χ2v) is 6.39. The minimum Gasteiger partial charge on any atom is -0.352 e. The molecule has 1 aliphatic heterocycles. The molecule has 0 aliphatic carbocycles. The fourth-order valence-electron chi connectivity index (χ4n) is 3.33. The predicted octanol–water partition coefficient (Wildman–Crippen LogP) is 1.79.